The second-order valence-electron chi connectivity index (χ2n) is 4.74. The molecule has 1 N–H and O–H groups in total. The third kappa shape index (κ3) is 3.49. The molecule has 0 aliphatic heterocycles. The van der Waals surface area contributed by atoms with E-state index < -0.39 is 11.7 Å². The smallest absolute Gasteiger partial charge is 0.412 e. The Bertz CT molecular complexity index is 909. The summed E-state index contributed by atoms with van der Waals surface area (Å²) < 4.78 is 6.33. The Morgan fingerprint density at radius 1 is 1.22 bits per heavy atom. The van der Waals surface area contributed by atoms with Crippen LogP contribution in [-0.2, 0) is 11.3 Å². The number of halogens is 1. The fraction of sp³-hybridized carbons (Fsp3) is 0.0625. The summed E-state index contributed by atoms with van der Waals surface area (Å²) >= 11 is 5.87. The molecule has 0 saturated carbocycles. The van der Waals surface area contributed by atoms with E-state index in [1.54, 1.807) is 12.1 Å². The molecule has 23 heavy (non-hydrogen) atoms. The average Bonchev–Trinajstić information content (AvgIpc) is 2.57. The molecule has 2 heterocycles. The number of fused-ring (bicyclic) bond motifs is 1. The second-order valence-corrected chi connectivity index (χ2v) is 5.18. The SMILES string of the molecule is O=C(Nc1cnc2ccc(Cl)cn2c1=O)OCc1ccccc1. The summed E-state index contributed by atoms with van der Waals surface area (Å²) in [5.74, 6) is 0. The number of ether oxygens (including phenoxy) is 1. The van der Waals surface area contributed by atoms with E-state index in [1.807, 2.05) is 30.3 Å². The van der Waals surface area contributed by atoms with Crippen LogP contribution in [0, 0.1) is 0 Å². The monoisotopic (exact) mass is 329 g/mol. The number of hydrogen-bond acceptors (Lipinski definition) is 4. The van der Waals surface area contributed by atoms with Crippen molar-refractivity contribution in [1.82, 2.24) is 9.38 Å². The normalized spacial score (nSPS) is 10.5. The molecule has 1 amide bonds. The number of hydrogen-bond donors (Lipinski definition) is 1. The van der Waals surface area contributed by atoms with Crippen LogP contribution in [-0.4, -0.2) is 15.5 Å². The summed E-state index contributed by atoms with van der Waals surface area (Å²) in [7, 11) is 0. The minimum absolute atomic E-state index is 0.0165. The Morgan fingerprint density at radius 2 is 2.00 bits per heavy atom. The van der Waals surface area contributed by atoms with Gasteiger partial charge in [-0.05, 0) is 17.7 Å². The van der Waals surface area contributed by atoms with Crippen molar-refractivity contribution in [2.24, 2.45) is 0 Å². The van der Waals surface area contributed by atoms with Crippen molar-refractivity contribution in [2.75, 3.05) is 5.32 Å². The zero-order valence-corrected chi connectivity index (χ0v) is 12.7. The van der Waals surface area contributed by atoms with E-state index in [9.17, 15) is 9.59 Å². The van der Waals surface area contributed by atoms with Gasteiger partial charge < -0.3 is 4.74 Å². The van der Waals surface area contributed by atoms with Gasteiger partial charge in [-0.3, -0.25) is 14.5 Å². The lowest BCUT2D eigenvalue weighted by atomic mass is 10.2. The van der Waals surface area contributed by atoms with Gasteiger partial charge in [0, 0.05) is 6.20 Å². The molecule has 0 radical (unpaired) electrons. The standard InChI is InChI=1S/C16H12ClN3O3/c17-12-6-7-14-18-8-13(15(21)20(14)9-12)19-16(22)23-10-11-4-2-1-3-5-11/h1-9H,10H2,(H,19,22). The predicted octanol–water partition coefficient (Wildman–Crippen LogP) is 3.10. The van der Waals surface area contributed by atoms with Gasteiger partial charge in [0.05, 0.1) is 11.2 Å². The molecular formula is C16H12ClN3O3. The van der Waals surface area contributed by atoms with Gasteiger partial charge in [0.1, 0.15) is 17.9 Å². The van der Waals surface area contributed by atoms with Gasteiger partial charge in [-0.25, -0.2) is 9.78 Å². The number of pyridine rings is 1. The number of amides is 1. The third-order valence-electron chi connectivity index (χ3n) is 3.12. The highest BCUT2D eigenvalue weighted by molar-refractivity contribution is 6.30. The summed E-state index contributed by atoms with van der Waals surface area (Å²) in [4.78, 5) is 28.2. The molecular weight excluding hydrogens is 318 g/mol. The van der Waals surface area contributed by atoms with Crippen LogP contribution in [0.1, 0.15) is 5.56 Å². The topological polar surface area (TPSA) is 72.7 Å². The number of carbonyl (C=O) groups excluding carboxylic acids is 1. The second kappa shape index (κ2) is 6.50. The average molecular weight is 330 g/mol. The largest absolute Gasteiger partial charge is 0.444 e. The lowest BCUT2D eigenvalue weighted by Gasteiger charge is -2.07. The van der Waals surface area contributed by atoms with Crippen LogP contribution in [0.3, 0.4) is 0 Å². The maximum Gasteiger partial charge on any atom is 0.412 e. The van der Waals surface area contributed by atoms with Crippen LogP contribution >= 0.6 is 11.6 Å². The summed E-state index contributed by atoms with van der Waals surface area (Å²) in [6.07, 6.45) is 2.00. The van der Waals surface area contributed by atoms with E-state index in [0.29, 0.717) is 10.7 Å². The highest BCUT2D eigenvalue weighted by Gasteiger charge is 2.10. The highest BCUT2D eigenvalue weighted by Crippen LogP contribution is 2.09. The fourth-order valence-electron chi connectivity index (χ4n) is 2.01. The molecule has 0 atom stereocenters. The molecule has 0 aliphatic carbocycles. The van der Waals surface area contributed by atoms with Crippen molar-refractivity contribution >= 4 is 29.0 Å². The van der Waals surface area contributed by atoms with E-state index >= 15 is 0 Å². The lowest BCUT2D eigenvalue weighted by molar-refractivity contribution is 0.155. The first-order valence-electron chi connectivity index (χ1n) is 6.78. The first-order valence-corrected chi connectivity index (χ1v) is 7.16. The number of aromatic nitrogens is 2. The fourth-order valence-corrected chi connectivity index (χ4v) is 2.17. The van der Waals surface area contributed by atoms with Crippen LogP contribution in [0.2, 0.25) is 5.02 Å². The number of anilines is 1. The van der Waals surface area contributed by atoms with Gasteiger partial charge in [0.25, 0.3) is 5.56 Å². The minimum Gasteiger partial charge on any atom is -0.444 e. The molecule has 0 spiro atoms. The number of nitrogens with zero attached hydrogens (tertiary/aromatic N) is 2. The Hall–Kier alpha value is -2.86. The molecule has 116 valence electrons. The number of benzene rings is 1. The highest BCUT2D eigenvalue weighted by atomic mass is 35.5. The van der Waals surface area contributed by atoms with Gasteiger partial charge >= 0.3 is 6.09 Å². The van der Waals surface area contributed by atoms with Crippen molar-refractivity contribution in [2.45, 2.75) is 6.61 Å². The van der Waals surface area contributed by atoms with Gasteiger partial charge in [0.15, 0.2) is 0 Å². The maximum atomic E-state index is 12.3. The predicted molar refractivity (Wildman–Crippen MR) is 86.7 cm³/mol. The summed E-state index contributed by atoms with van der Waals surface area (Å²) in [5.41, 5.74) is 0.863. The molecule has 1 aromatic carbocycles. The van der Waals surface area contributed by atoms with E-state index in [-0.39, 0.29) is 12.3 Å². The van der Waals surface area contributed by atoms with Crippen molar-refractivity contribution in [3.8, 4) is 0 Å². The van der Waals surface area contributed by atoms with Gasteiger partial charge in [-0.1, -0.05) is 41.9 Å². The van der Waals surface area contributed by atoms with Crippen LogP contribution in [0.5, 0.6) is 0 Å². The summed E-state index contributed by atoms with van der Waals surface area (Å²) in [5, 5.41) is 2.79. The van der Waals surface area contributed by atoms with Gasteiger partial charge in [0.2, 0.25) is 0 Å². The Morgan fingerprint density at radius 3 is 2.78 bits per heavy atom. The molecule has 0 bridgehead atoms. The van der Waals surface area contributed by atoms with Crippen molar-refractivity contribution < 1.29 is 9.53 Å². The first kappa shape index (κ1) is 15.1. The summed E-state index contributed by atoms with van der Waals surface area (Å²) in [6.45, 7) is 0.112. The molecule has 7 heteroatoms. The Balaban J connectivity index is 1.75. The third-order valence-corrected chi connectivity index (χ3v) is 3.34. The lowest BCUT2D eigenvalue weighted by Crippen LogP contribution is -2.23. The van der Waals surface area contributed by atoms with Crippen LogP contribution < -0.4 is 10.9 Å². The molecule has 0 fully saturated rings. The minimum atomic E-state index is -0.727. The van der Waals surface area contributed by atoms with Crippen molar-refractivity contribution in [3.63, 3.8) is 0 Å². The van der Waals surface area contributed by atoms with Crippen LogP contribution in [0.15, 0.2) is 59.7 Å². The number of carbonyl (C=O) groups is 1. The van der Waals surface area contributed by atoms with Gasteiger partial charge in [-0.15, -0.1) is 0 Å². The molecule has 2 aromatic heterocycles. The van der Waals surface area contributed by atoms with Crippen LogP contribution in [0.4, 0.5) is 10.5 Å². The Labute approximate surface area is 136 Å². The zero-order valence-electron chi connectivity index (χ0n) is 11.9. The van der Waals surface area contributed by atoms with E-state index in [4.69, 9.17) is 16.3 Å². The quantitative estimate of drug-likeness (QED) is 0.801. The molecule has 3 rings (SSSR count). The first-order chi connectivity index (χ1) is 11.1. The molecule has 3 aromatic rings. The summed E-state index contributed by atoms with van der Waals surface area (Å²) in [6, 6.07) is 12.5. The van der Waals surface area contributed by atoms with Gasteiger partial charge in [-0.2, -0.15) is 0 Å². The van der Waals surface area contributed by atoms with E-state index in [0.717, 1.165) is 5.56 Å². The molecule has 0 unspecified atom stereocenters. The Kier molecular flexibility index (Phi) is 4.25. The zero-order chi connectivity index (χ0) is 16.2. The van der Waals surface area contributed by atoms with E-state index in [2.05, 4.69) is 10.3 Å². The van der Waals surface area contributed by atoms with Crippen LogP contribution in [0.25, 0.3) is 5.65 Å². The number of rotatable bonds is 3. The van der Waals surface area contributed by atoms with Crippen molar-refractivity contribution in [1.29, 1.82) is 0 Å². The number of nitrogens with one attached hydrogen (secondary N) is 1. The maximum absolute atomic E-state index is 12.3. The van der Waals surface area contributed by atoms with Crippen molar-refractivity contribution in [3.05, 3.63) is 75.8 Å². The molecule has 0 saturated heterocycles. The van der Waals surface area contributed by atoms with E-state index in [1.165, 1.54) is 16.8 Å². The molecule has 6 nitrogen and oxygen atoms in total. The molecule has 0 aliphatic rings.